The van der Waals surface area contributed by atoms with Crippen molar-refractivity contribution < 1.29 is 4.74 Å². The van der Waals surface area contributed by atoms with Crippen LogP contribution in [0, 0.1) is 11.8 Å². The lowest BCUT2D eigenvalue weighted by Gasteiger charge is -2.12. The van der Waals surface area contributed by atoms with E-state index in [0.717, 1.165) is 23.3 Å². The molecule has 1 aromatic carbocycles. The summed E-state index contributed by atoms with van der Waals surface area (Å²) in [4.78, 5) is 0. The first-order valence-electron chi connectivity index (χ1n) is 6.94. The molecule has 3 atom stereocenters. The van der Waals surface area contributed by atoms with Crippen molar-refractivity contribution in [2.75, 3.05) is 0 Å². The zero-order chi connectivity index (χ0) is 12.5. The quantitative estimate of drug-likeness (QED) is 0.743. The Labute approximate surface area is 109 Å². The highest BCUT2D eigenvalue weighted by molar-refractivity contribution is 5.34. The highest BCUT2D eigenvalue weighted by Crippen LogP contribution is 2.44. The average Bonchev–Trinajstić information content (AvgIpc) is 3.17. The molecule has 1 nitrogen and oxygen atoms in total. The lowest BCUT2D eigenvalue weighted by molar-refractivity contribution is 0.437. The fourth-order valence-electron chi connectivity index (χ4n) is 2.44. The van der Waals surface area contributed by atoms with Crippen LogP contribution in [0.15, 0.2) is 48.3 Å². The summed E-state index contributed by atoms with van der Waals surface area (Å²) in [6, 6.07) is 8.51. The third kappa shape index (κ3) is 2.35. The van der Waals surface area contributed by atoms with E-state index in [1.807, 2.05) is 0 Å². The number of hydrogen-bond donors (Lipinski definition) is 0. The summed E-state index contributed by atoms with van der Waals surface area (Å²) in [5, 5.41) is 0. The van der Waals surface area contributed by atoms with Crippen LogP contribution in [-0.4, -0.2) is 0 Å². The summed E-state index contributed by atoms with van der Waals surface area (Å²) in [6.45, 7) is 4.48. The van der Waals surface area contributed by atoms with E-state index in [2.05, 4.69) is 56.3 Å². The van der Waals surface area contributed by atoms with Crippen molar-refractivity contribution in [3.63, 3.8) is 0 Å². The van der Waals surface area contributed by atoms with E-state index in [0.29, 0.717) is 5.92 Å². The smallest absolute Gasteiger partial charge is 0.127 e. The predicted octanol–water partition coefficient (Wildman–Crippen LogP) is 4.67. The van der Waals surface area contributed by atoms with Crippen LogP contribution < -0.4 is 4.74 Å². The van der Waals surface area contributed by atoms with Crippen molar-refractivity contribution in [3.05, 3.63) is 53.8 Å². The highest BCUT2D eigenvalue weighted by atomic mass is 16.5. The zero-order valence-electron chi connectivity index (χ0n) is 11.1. The molecule has 1 aromatic rings. The molecular weight excluding hydrogens is 220 g/mol. The second kappa shape index (κ2) is 4.64. The summed E-state index contributed by atoms with van der Waals surface area (Å²) in [7, 11) is 0. The molecule has 0 bridgehead atoms. The standard InChI is InChI=1S/C17H20O/c1-3-12(2)13-4-7-16(8-5-13)18-17-9-6-14-10-15(14)11-17/h4-9,11-12,14-15H,3,10H2,1-2H3. The number of allylic oxidation sites excluding steroid dienone is 3. The maximum Gasteiger partial charge on any atom is 0.127 e. The summed E-state index contributed by atoms with van der Waals surface area (Å²) in [5.74, 6) is 4.11. The maximum absolute atomic E-state index is 5.90. The molecule has 0 aliphatic heterocycles. The predicted molar refractivity (Wildman–Crippen MR) is 74.6 cm³/mol. The summed E-state index contributed by atoms with van der Waals surface area (Å²) >= 11 is 0. The van der Waals surface area contributed by atoms with Gasteiger partial charge in [0, 0.05) is 0 Å². The minimum atomic E-state index is 0.625. The van der Waals surface area contributed by atoms with Crippen LogP contribution in [0.3, 0.4) is 0 Å². The minimum Gasteiger partial charge on any atom is -0.458 e. The van der Waals surface area contributed by atoms with E-state index in [1.54, 1.807) is 0 Å². The second-order valence-corrected chi connectivity index (χ2v) is 5.47. The number of hydrogen-bond acceptors (Lipinski definition) is 1. The van der Waals surface area contributed by atoms with Gasteiger partial charge in [-0.25, -0.2) is 0 Å². The number of rotatable bonds is 4. The molecule has 1 fully saturated rings. The Morgan fingerprint density at radius 2 is 2.00 bits per heavy atom. The molecule has 1 heteroatoms. The molecule has 0 aromatic heterocycles. The van der Waals surface area contributed by atoms with E-state index in [4.69, 9.17) is 4.74 Å². The molecule has 0 amide bonds. The van der Waals surface area contributed by atoms with E-state index in [1.165, 1.54) is 18.4 Å². The van der Waals surface area contributed by atoms with Crippen molar-refractivity contribution in [2.45, 2.75) is 32.6 Å². The third-order valence-corrected chi connectivity index (χ3v) is 4.07. The van der Waals surface area contributed by atoms with E-state index in [-0.39, 0.29) is 0 Å². The van der Waals surface area contributed by atoms with E-state index < -0.39 is 0 Å². The summed E-state index contributed by atoms with van der Waals surface area (Å²) in [5.41, 5.74) is 1.39. The van der Waals surface area contributed by atoms with E-state index in [9.17, 15) is 0 Å². The SMILES string of the molecule is CCC(C)c1ccc(OC2=CC3CC3C=C2)cc1. The molecule has 18 heavy (non-hydrogen) atoms. The molecule has 1 saturated carbocycles. The molecule has 3 unspecified atom stereocenters. The second-order valence-electron chi connectivity index (χ2n) is 5.47. The topological polar surface area (TPSA) is 9.23 Å². The van der Waals surface area contributed by atoms with Gasteiger partial charge in [-0.15, -0.1) is 0 Å². The van der Waals surface area contributed by atoms with Crippen LogP contribution in [-0.2, 0) is 0 Å². The summed E-state index contributed by atoms with van der Waals surface area (Å²) in [6.07, 6.45) is 9.12. The van der Waals surface area contributed by atoms with Crippen molar-refractivity contribution in [3.8, 4) is 5.75 Å². The minimum absolute atomic E-state index is 0.625. The monoisotopic (exact) mass is 240 g/mol. The molecule has 3 rings (SSSR count). The molecule has 0 N–H and O–H groups in total. The van der Waals surface area contributed by atoms with Crippen molar-refractivity contribution in [2.24, 2.45) is 11.8 Å². The van der Waals surface area contributed by atoms with Crippen LogP contribution in [0.5, 0.6) is 5.75 Å². The molecule has 2 aliphatic rings. The Morgan fingerprint density at radius 1 is 1.22 bits per heavy atom. The molecule has 0 saturated heterocycles. The average molecular weight is 240 g/mol. The molecule has 0 heterocycles. The van der Waals surface area contributed by atoms with Gasteiger partial charge in [-0.3, -0.25) is 0 Å². The van der Waals surface area contributed by atoms with Crippen LogP contribution >= 0.6 is 0 Å². The molecule has 0 spiro atoms. The van der Waals surface area contributed by atoms with Gasteiger partial charge < -0.3 is 4.74 Å². The lowest BCUT2D eigenvalue weighted by atomic mass is 9.99. The Kier molecular flexibility index (Phi) is 2.99. The molecule has 2 aliphatic carbocycles. The van der Waals surface area contributed by atoms with Crippen LogP contribution in [0.4, 0.5) is 0 Å². The van der Waals surface area contributed by atoms with Gasteiger partial charge in [-0.2, -0.15) is 0 Å². The normalized spacial score (nSPS) is 26.2. The Hall–Kier alpha value is -1.50. The number of benzene rings is 1. The highest BCUT2D eigenvalue weighted by Gasteiger charge is 2.35. The fraction of sp³-hybridized carbons (Fsp3) is 0.412. The van der Waals surface area contributed by atoms with Gasteiger partial charge >= 0.3 is 0 Å². The van der Waals surface area contributed by atoms with Crippen molar-refractivity contribution >= 4 is 0 Å². The first-order chi connectivity index (χ1) is 8.76. The Morgan fingerprint density at radius 3 is 2.67 bits per heavy atom. The fourth-order valence-corrected chi connectivity index (χ4v) is 2.44. The third-order valence-electron chi connectivity index (χ3n) is 4.07. The largest absolute Gasteiger partial charge is 0.458 e. The van der Waals surface area contributed by atoms with Crippen LogP contribution in [0.2, 0.25) is 0 Å². The van der Waals surface area contributed by atoms with Gasteiger partial charge in [-0.05, 0) is 60.4 Å². The van der Waals surface area contributed by atoms with Gasteiger partial charge in [-0.1, -0.05) is 32.1 Å². The van der Waals surface area contributed by atoms with Gasteiger partial charge in [0.25, 0.3) is 0 Å². The Bertz CT molecular complexity index is 481. The maximum atomic E-state index is 5.90. The van der Waals surface area contributed by atoms with E-state index >= 15 is 0 Å². The number of ether oxygens (including phenoxy) is 1. The van der Waals surface area contributed by atoms with Gasteiger partial charge in [0.2, 0.25) is 0 Å². The Balaban J connectivity index is 1.68. The van der Waals surface area contributed by atoms with Crippen LogP contribution in [0.25, 0.3) is 0 Å². The lowest BCUT2D eigenvalue weighted by Crippen LogP contribution is -1.97. The summed E-state index contributed by atoms with van der Waals surface area (Å²) < 4.78 is 5.90. The van der Waals surface area contributed by atoms with Gasteiger partial charge in [0.1, 0.15) is 11.5 Å². The molecule has 0 radical (unpaired) electrons. The van der Waals surface area contributed by atoms with Crippen LogP contribution in [0.1, 0.15) is 38.2 Å². The van der Waals surface area contributed by atoms with Crippen molar-refractivity contribution in [1.29, 1.82) is 0 Å². The molecule has 94 valence electrons. The van der Waals surface area contributed by atoms with Gasteiger partial charge in [0.15, 0.2) is 0 Å². The molecular formula is C17H20O. The first-order valence-corrected chi connectivity index (χ1v) is 6.94. The first kappa shape index (κ1) is 11.6. The van der Waals surface area contributed by atoms with Gasteiger partial charge in [0.05, 0.1) is 0 Å². The zero-order valence-corrected chi connectivity index (χ0v) is 11.1. The number of fused-ring (bicyclic) bond motifs is 1. The van der Waals surface area contributed by atoms with Crippen molar-refractivity contribution in [1.82, 2.24) is 0 Å².